The van der Waals surface area contributed by atoms with Gasteiger partial charge in [0.05, 0.1) is 5.41 Å². The molecule has 3 rings (SSSR count). The zero-order valence-corrected chi connectivity index (χ0v) is 13.7. The van der Waals surface area contributed by atoms with Crippen molar-refractivity contribution < 1.29 is 9.53 Å². The molecular weight excluding hydrogens is 310 g/mol. The van der Waals surface area contributed by atoms with Gasteiger partial charge in [-0.1, -0.05) is 60.1 Å². The first kappa shape index (κ1) is 16.0. The summed E-state index contributed by atoms with van der Waals surface area (Å²) >= 11 is 6.17. The zero-order chi connectivity index (χ0) is 16.1. The lowest BCUT2D eigenvalue weighted by Crippen LogP contribution is -2.47. The maximum Gasteiger partial charge on any atom is 0.231 e. The normalized spacial score (nSPS) is 16.7. The quantitative estimate of drug-likeness (QED) is 0.928. The average Bonchev–Trinajstić information content (AvgIpc) is 2.62. The van der Waals surface area contributed by atoms with Gasteiger partial charge in [-0.2, -0.15) is 0 Å². The number of benzene rings is 2. The highest BCUT2D eigenvalue weighted by molar-refractivity contribution is 6.31. The summed E-state index contributed by atoms with van der Waals surface area (Å²) in [6.07, 6.45) is 1.40. The fourth-order valence-electron chi connectivity index (χ4n) is 3.11. The standard InChI is InChI=1S/C19H20ClNO2/c20-17-9-5-4-6-15(17)14-21-18(22)19(10-12-23-13-11-19)16-7-2-1-3-8-16/h1-9H,10-14H2,(H,21,22). The molecule has 0 atom stereocenters. The van der Waals surface area contributed by atoms with Gasteiger partial charge >= 0.3 is 0 Å². The monoisotopic (exact) mass is 329 g/mol. The molecule has 1 saturated heterocycles. The molecule has 1 aliphatic heterocycles. The van der Waals surface area contributed by atoms with Crippen LogP contribution >= 0.6 is 11.6 Å². The van der Waals surface area contributed by atoms with E-state index >= 15 is 0 Å². The summed E-state index contributed by atoms with van der Waals surface area (Å²) in [4.78, 5) is 13.0. The van der Waals surface area contributed by atoms with E-state index in [2.05, 4.69) is 5.32 Å². The number of carbonyl (C=O) groups excluding carboxylic acids is 1. The summed E-state index contributed by atoms with van der Waals surface area (Å²) in [5.74, 6) is 0.0481. The molecule has 0 aromatic heterocycles. The van der Waals surface area contributed by atoms with Crippen LogP contribution in [0.25, 0.3) is 0 Å². The lowest BCUT2D eigenvalue weighted by atomic mass is 9.73. The van der Waals surface area contributed by atoms with Gasteiger partial charge in [-0.15, -0.1) is 0 Å². The Kier molecular flexibility index (Phi) is 4.99. The summed E-state index contributed by atoms with van der Waals surface area (Å²) in [5.41, 5.74) is 1.47. The van der Waals surface area contributed by atoms with Crippen molar-refractivity contribution in [2.24, 2.45) is 0 Å². The molecule has 23 heavy (non-hydrogen) atoms. The minimum absolute atomic E-state index is 0.0481. The molecule has 0 saturated carbocycles. The number of amides is 1. The number of hydrogen-bond donors (Lipinski definition) is 1. The van der Waals surface area contributed by atoms with Crippen LogP contribution in [0.2, 0.25) is 5.02 Å². The van der Waals surface area contributed by atoms with Crippen molar-refractivity contribution >= 4 is 17.5 Å². The Morgan fingerprint density at radius 1 is 1.04 bits per heavy atom. The van der Waals surface area contributed by atoms with Gasteiger partial charge in [-0.25, -0.2) is 0 Å². The van der Waals surface area contributed by atoms with Crippen molar-refractivity contribution in [1.29, 1.82) is 0 Å². The molecular formula is C19H20ClNO2. The zero-order valence-electron chi connectivity index (χ0n) is 12.9. The summed E-state index contributed by atoms with van der Waals surface area (Å²) in [7, 11) is 0. The highest BCUT2D eigenvalue weighted by Crippen LogP contribution is 2.35. The molecule has 1 aliphatic rings. The Bertz CT molecular complexity index is 666. The number of carbonyl (C=O) groups is 1. The molecule has 0 aliphatic carbocycles. The SMILES string of the molecule is O=C(NCc1ccccc1Cl)C1(c2ccccc2)CCOCC1. The first-order valence-electron chi connectivity index (χ1n) is 7.87. The van der Waals surface area contributed by atoms with Crippen LogP contribution in [0.3, 0.4) is 0 Å². The van der Waals surface area contributed by atoms with E-state index < -0.39 is 5.41 Å². The van der Waals surface area contributed by atoms with E-state index in [9.17, 15) is 4.79 Å². The van der Waals surface area contributed by atoms with Crippen LogP contribution in [0.4, 0.5) is 0 Å². The molecule has 0 spiro atoms. The Morgan fingerprint density at radius 2 is 1.70 bits per heavy atom. The Hall–Kier alpha value is -1.84. The van der Waals surface area contributed by atoms with Crippen LogP contribution in [-0.2, 0) is 21.5 Å². The minimum atomic E-state index is -0.513. The molecule has 2 aromatic carbocycles. The molecule has 1 fully saturated rings. The van der Waals surface area contributed by atoms with Crippen LogP contribution in [-0.4, -0.2) is 19.1 Å². The lowest BCUT2D eigenvalue weighted by Gasteiger charge is -2.36. The van der Waals surface area contributed by atoms with E-state index in [4.69, 9.17) is 16.3 Å². The largest absolute Gasteiger partial charge is 0.381 e. The molecule has 4 heteroatoms. The van der Waals surface area contributed by atoms with Gasteiger partial charge in [0.15, 0.2) is 0 Å². The van der Waals surface area contributed by atoms with Gasteiger partial charge in [-0.3, -0.25) is 4.79 Å². The van der Waals surface area contributed by atoms with Gasteiger partial charge in [0.1, 0.15) is 0 Å². The smallest absolute Gasteiger partial charge is 0.231 e. The van der Waals surface area contributed by atoms with Crippen molar-refractivity contribution in [1.82, 2.24) is 5.32 Å². The van der Waals surface area contributed by atoms with Gasteiger partial charge in [-0.05, 0) is 30.0 Å². The third-order valence-corrected chi connectivity index (χ3v) is 4.87. The molecule has 2 aromatic rings. The maximum atomic E-state index is 13.0. The Balaban J connectivity index is 1.80. The van der Waals surface area contributed by atoms with E-state index in [-0.39, 0.29) is 5.91 Å². The van der Waals surface area contributed by atoms with E-state index in [1.807, 2.05) is 54.6 Å². The van der Waals surface area contributed by atoms with E-state index in [1.54, 1.807) is 0 Å². The second-order valence-electron chi connectivity index (χ2n) is 5.83. The Morgan fingerprint density at radius 3 is 2.39 bits per heavy atom. The number of ether oxygens (including phenoxy) is 1. The number of halogens is 1. The molecule has 0 bridgehead atoms. The van der Waals surface area contributed by atoms with Gasteiger partial charge in [0.25, 0.3) is 0 Å². The van der Waals surface area contributed by atoms with Crippen molar-refractivity contribution in [3.63, 3.8) is 0 Å². The average molecular weight is 330 g/mol. The fourth-order valence-corrected chi connectivity index (χ4v) is 3.31. The molecule has 1 amide bonds. The molecule has 120 valence electrons. The lowest BCUT2D eigenvalue weighted by molar-refractivity contribution is -0.130. The minimum Gasteiger partial charge on any atom is -0.381 e. The van der Waals surface area contributed by atoms with Gasteiger partial charge in [0.2, 0.25) is 5.91 Å². The predicted octanol–water partition coefficient (Wildman–Crippen LogP) is 3.70. The third-order valence-electron chi connectivity index (χ3n) is 4.50. The number of nitrogens with one attached hydrogen (secondary N) is 1. The second kappa shape index (κ2) is 7.16. The van der Waals surface area contributed by atoms with Crippen molar-refractivity contribution in [2.45, 2.75) is 24.8 Å². The second-order valence-corrected chi connectivity index (χ2v) is 6.24. The van der Waals surface area contributed by atoms with Crippen molar-refractivity contribution in [2.75, 3.05) is 13.2 Å². The number of hydrogen-bond acceptors (Lipinski definition) is 2. The van der Waals surface area contributed by atoms with Crippen LogP contribution in [0.5, 0.6) is 0 Å². The van der Waals surface area contributed by atoms with Crippen LogP contribution < -0.4 is 5.32 Å². The molecule has 0 radical (unpaired) electrons. The fraction of sp³-hybridized carbons (Fsp3) is 0.316. The first-order valence-corrected chi connectivity index (χ1v) is 8.25. The molecule has 3 nitrogen and oxygen atoms in total. The Labute approximate surface area is 141 Å². The van der Waals surface area contributed by atoms with Crippen molar-refractivity contribution in [3.05, 3.63) is 70.7 Å². The van der Waals surface area contributed by atoms with E-state index in [1.165, 1.54) is 0 Å². The first-order chi connectivity index (χ1) is 11.2. The highest BCUT2D eigenvalue weighted by atomic mass is 35.5. The predicted molar refractivity (Wildman–Crippen MR) is 91.5 cm³/mol. The summed E-state index contributed by atoms with van der Waals surface area (Å²) in [6, 6.07) is 17.6. The summed E-state index contributed by atoms with van der Waals surface area (Å²) in [6.45, 7) is 1.65. The summed E-state index contributed by atoms with van der Waals surface area (Å²) < 4.78 is 5.48. The number of rotatable bonds is 4. The van der Waals surface area contributed by atoms with Crippen LogP contribution in [0.1, 0.15) is 24.0 Å². The molecule has 0 unspecified atom stereocenters. The maximum absolute atomic E-state index is 13.0. The topological polar surface area (TPSA) is 38.3 Å². The molecule has 1 N–H and O–H groups in total. The van der Waals surface area contributed by atoms with E-state index in [0.29, 0.717) is 37.6 Å². The van der Waals surface area contributed by atoms with Gasteiger partial charge < -0.3 is 10.1 Å². The molecule has 1 heterocycles. The van der Waals surface area contributed by atoms with Gasteiger partial charge in [0, 0.05) is 24.8 Å². The third kappa shape index (κ3) is 3.41. The van der Waals surface area contributed by atoms with Crippen molar-refractivity contribution in [3.8, 4) is 0 Å². The van der Waals surface area contributed by atoms with Crippen LogP contribution in [0, 0.1) is 0 Å². The van der Waals surface area contributed by atoms with E-state index in [0.717, 1.165) is 11.1 Å². The van der Waals surface area contributed by atoms with Crippen LogP contribution in [0.15, 0.2) is 54.6 Å². The highest BCUT2D eigenvalue weighted by Gasteiger charge is 2.41. The summed E-state index contributed by atoms with van der Waals surface area (Å²) in [5, 5.41) is 3.74.